The minimum atomic E-state index is -1.06. The monoisotopic (exact) mass is 238 g/mol. The number of para-hydroxylation sites is 1. The highest BCUT2D eigenvalue weighted by Crippen LogP contribution is 2.38. The van der Waals surface area contributed by atoms with Gasteiger partial charge in [-0.05, 0) is 18.1 Å². The van der Waals surface area contributed by atoms with E-state index in [2.05, 4.69) is 10.2 Å². The molecule has 5 N–H and O–H groups in total. The molecule has 2 rings (SSSR count). The van der Waals surface area contributed by atoms with E-state index < -0.39 is 18.2 Å². The Labute approximate surface area is 97.9 Å². The summed E-state index contributed by atoms with van der Waals surface area (Å²) in [4.78, 5) is 15.1. The third-order valence-corrected chi connectivity index (χ3v) is 2.96. The SMILES string of the molecule is N[C@@H](C[C@@H]1c2ccccc2N[C@H]1OO)C(=O)O. The second-order valence-corrected chi connectivity index (χ2v) is 4.04. The molecular weight excluding hydrogens is 224 g/mol. The van der Waals surface area contributed by atoms with Gasteiger partial charge in [-0.1, -0.05) is 18.2 Å². The lowest BCUT2D eigenvalue weighted by molar-refractivity contribution is -0.274. The Hall–Kier alpha value is -1.63. The van der Waals surface area contributed by atoms with Crippen molar-refractivity contribution in [1.29, 1.82) is 0 Å². The first-order valence-electron chi connectivity index (χ1n) is 5.27. The maximum absolute atomic E-state index is 10.7. The summed E-state index contributed by atoms with van der Waals surface area (Å²) in [6.07, 6.45) is -0.456. The van der Waals surface area contributed by atoms with Crippen LogP contribution in [0.2, 0.25) is 0 Å². The summed E-state index contributed by atoms with van der Waals surface area (Å²) in [7, 11) is 0. The third-order valence-electron chi connectivity index (χ3n) is 2.96. The molecular formula is C11H14N2O4. The first kappa shape index (κ1) is 11.8. The Morgan fingerprint density at radius 3 is 2.88 bits per heavy atom. The molecule has 0 amide bonds. The topological polar surface area (TPSA) is 105 Å². The summed E-state index contributed by atoms with van der Waals surface area (Å²) in [5, 5.41) is 20.6. The Kier molecular flexibility index (Phi) is 3.28. The molecule has 3 atom stereocenters. The molecule has 6 heteroatoms. The maximum Gasteiger partial charge on any atom is 0.320 e. The number of hydrogen-bond donors (Lipinski definition) is 4. The smallest absolute Gasteiger partial charge is 0.320 e. The van der Waals surface area contributed by atoms with Gasteiger partial charge in [0.25, 0.3) is 0 Å². The second-order valence-electron chi connectivity index (χ2n) is 4.04. The van der Waals surface area contributed by atoms with E-state index in [9.17, 15) is 4.79 Å². The molecule has 1 aromatic carbocycles. The lowest BCUT2D eigenvalue weighted by Gasteiger charge is -2.18. The van der Waals surface area contributed by atoms with Gasteiger partial charge in [0.15, 0.2) is 6.23 Å². The van der Waals surface area contributed by atoms with Crippen molar-refractivity contribution in [3.05, 3.63) is 29.8 Å². The first-order chi connectivity index (χ1) is 8.13. The van der Waals surface area contributed by atoms with Crippen LogP contribution in [-0.2, 0) is 9.68 Å². The molecule has 0 unspecified atom stereocenters. The number of anilines is 1. The van der Waals surface area contributed by atoms with Crippen LogP contribution in [0.15, 0.2) is 24.3 Å². The van der Waals surface area contributed by atoms with Crippen LogP contribution < -0.4 is 11.1 Å². The Bertz CT molecular complexity index is 424. The number of carbonyl (C=O) groups is 1. The number of nitrogens with two attached hydrogens (primary N) is 1. The number of nitrogens with one attached hydrogen (secondary N) is 1. The molecule has 0 saturated carbocycles. The highest BCUT2D eigenvalue weighted by molar-refractivity contribution is 5.73. The quantitative estimate of drug-likeness (QED) is 0.457. The molecule has 0 saturated heterocycles. The first-order valence-corrected chi connectivity index (χ1v) is 5.27. The van der Waals surface area contributed by atoms with Gasteiger partial charge in [-0.25, -0.2) is 10.1 Å². The fraction of sp³-hybridized carbons (Fsp3) is 0.364. The molecule has 0 bridgehead atoms. The van der Waals surface area contributed by atoms with Gasteiger partial charge in [0.05, 0.1) is 0 Å². The molecule has 1 aliphatic rings. The average Bonchev–Trinajstić information content (AvgIpc) is 2.67. The van der Waals surface area contributed by atoms with Crippen LogP contribution in [0.1, 0.15) is 17.9 Å². The van der Waals surface area contributed by atoms with Crippen LogP contribution in [-0.4, -0.2) is 28.6 Å². The predicted molar refractivity (Wildman–Crippen MR) is 60.5 cm³/mol. The zero-order valence-corrected chi connectivity index (χ0v) is 9.04. The van der Waals surface area contributed by atoms with Gasteiger partial charge in [-0.3, -0.25) is 4.79 Å². The van der Waals surface area contributed by atoms with Crippen LogP contribution in [0, 0.1) is 0 Å². The van der Waals surface area contributed by atoms with Crippen molar-refractivity contribution in [1.82, 2.24) is 0 Å². The summed E-state index contributed by atoms with van der Waals surface area (Å²) in [6, 6.07) is 6.42. The highest BCUT2D eigenvalue weighted by atomic mass is 17.1. The lowest BCUT2D eigenvalue weighted by atomic mass is 9.93. The minimum absolute atomic E-state index is 0.199. The lowest BCUT2D eigenvalue weighted by Crippen LogP contribution is -2.35. The van der Waals surface area contributed by atoms with Crippen molar-refractivity contribution < 1.29 is 20.0 Å². The number of hydrogen-bond acceptors (Lipinski definition) is 5. The van der Waals surface area contributed by atoms with Crippen molar-refractivity contribution in [2.24, 2.45) is 5.73 Å². The van der Waals surface area contributed by atoms with E-state index in [0.29, 0.717) is 0 Å². The number of rotatable bonds is 4. The zero-order valence-electron chi connectivity index (χ0n) is 9.04. The summed E-state index contributed by atoms with van der Waals surface area (Å²) >= 11 is 0. The third kappa shape index (κ3) is 2.23. The van der Waals surface area contributed by atoms with Crippen molar-refractivity contribution in [2.45, 2.75) is 24.6 Å². The molecule has 1 aromatic rings. The van der Waals surface area contributed by atoms with E-state index in [-0.39, 0.29) is 12.3 Å². The van der Waals surface area contributed by atoms with Crippen LogP contribution in [0.3, 0.4) is 0 Å². The van der Waals surface area contributed by atoms with Crippen LogP contribution >= 0.6 is 0 Å². The fourth-order valence-electron chi connectivity index (χ4n) is 2.09. The summed E-state index contributed by atoms with van der Waals surface area (Å²) < 4.78 is 0. The Balaban J connectivity index is 2.21. The Morgan fingerprint density at radius 2 is 2.24 bits per heavy atom. The van der Waals surface area contributed by atoms with Gasteiger partial charge < -0.3 is 16.2 Å². The standard InChI is InChI=1S/C11H14N2O4/c12-8(11(14)15)5-7-6-3-1-2-4-9(6)13-10(7)17-16/h1-4,7-8,10,13,16H,5,12H2,(H,14,15)/t7-,8+,10+/m1/s1. The largest absolute Gasteiger partial charge is 0.480 e. The zero-order chi connectivity index (χ0) is 12.4. The van der Waals surface area contributed by atoms with Crippen molar-refractivity contribution >= 4 is 11.7 Å². The van der Waals surface area contributed by atoms with Crippen molar-refractivity contribution in [2.75, 3.05) is 5.32 Å². The van der Waals surface area contributed by atoms with Crippen molar-refractivity contribution in [3.63, 3.8) is 0 Å². The summed E-state index contributed by atoms with van der Waals surface area (Å²) in [5.74, 6) is -1.34. The molecule has 0 radical (unpaired) electrons. The van der Waals surface area contributed by atoms with Crippen LogP contribution in [0.25, 0.3) is 0 Å². The van der Waals surface area contributed by atoms with Gasteiger partial charge >= 0.3 is 5.97 Å². The van der Waals surface area contributed by atoms with Crippen LogP contribution in [0.5, 0.6) is 0 Å². The van der Waals surface area contributed by atoms with Gasteiger partial charge in [-0.2, -0.15) is 0 Å². The predicted octanol–water partition coefficient (Wildman–Crippen LogP) is 0.813. The second kappa shape index (κ2) is 4.70. The van der Waals surface area contributed by atoms with Gasteiger partial charge in [0.2, 0.25) is 0 Å². The number of carboxylic acids is 1. The molecule has 92 valence electrons. The maximum atomic E-state index is 10.7. The molecule has 6 nitrogen and oxygen atoms in total. The molecule has 0 aromatic heterocycles. The van der Waals surface area contributed by atoms with Gasteiger partial charge in [0.1, 0.15) is 6.04 Å². The summed E-state index contributed by atoms with van der Waals surface area (Å²) in [6.45, 7) is 0. The molecule has 17 heavy (non-hydrogen) atoms. The van der Waals surface area contributed by atoms with E-state index in [1.807, 2.05) is 24.3 Å². The fourth-order valence-corrected chi connectivity index (χ4v) is 2.09. The molecule has 0 fully saturated rings. The molecule has 0 aliphatic carbocycles. The van der Waals surface area contributed by atoms with E-state index in [4.69, 9.17) is 16.1 Å². The normalized spacial score (nSPS) is 23.9. The average molecular weight is 238 g/mol. The van der Waals surface area contributed by atoms with Crippen LogP contribution in [0.4, 0.5) is 5.69 Å². The molecule has 1 aliphatic heterocycles. The van der Waals surface area contributed by atoms with E-state index >= 15 is 0 Å². The highest BCUT2D eigenvalue weighted by Gasteiger charge is 2.35. The number of benzene rings is 1. The molecule has 1 heterocycles. The van der Waals surface area contributed by atoms with E-state index in [1.165, 1.54) is 0 Å². The minimum Gasteiger partial charge on any atom is -0.480 e. The number of aliphatic carboxylic acids is 1. The van der Waals surface area contributed by atoms with Gasteiger partial charge in [0, 0.05) is 11.6 Å². The van der Waals surface area contributed by atoms with E-state index in [1.54, 1.807) is 0 Å². The summed E-state index contributed by atoms with van der Waals surface area (Å²) in [5.41, 5.74) is 7.24. The number of carboxylic acid groups (broad SMARTS) is 1. The Morgan fingerprint density at radius 1 is 1.53 bits per heavy atom. The number of fused-ring (bicyclic) bond motifs is 1. The van der Waals surface area contributed by atoms with Crippen molar-refractivity contribution in [3.8, 4) is 0 Å². The van der Waals surface area contributed by atoms with Gasteiger partial charge in [-0.15, -0.1) is 0 Å². The van der Waals surface area contributed by atoms with E-state index in [0.717, 1.165) is 11.3 Å². The molecule has 0 spiro atoms.